The predicted octanol–water partition coefficient (Wildman–Crippen LogP) is 5.16. The summed E-state index contributed by atoms with van der Waals surface area (Å²) >= 11 is 6.09. The Hall–Kier alpha value is -4.12. The van der Waals surface area contributed by atoms with Gasteiger partial charge in [-0.15, -0.1) is 0 Å². The van der Waals surface area contributed by atoms with E-state index in [0.29, 0.717) is 16.5 Å². The largest absolute Gasteiger partial charge is 0.489 e. The number of nitrogens with zero attached hydrogens (tertiary/aromatic N) is 1. The molecule has 1 aliphatic heterocycles. The maximum Gasteiger partial charge on any atom is 0.417 e. The number of hydrogen-bond acceptors (Lipinski definition) is 4. The number of carbonyl (C=O) groups is 3. The third kappa shape index (κ3) is 6.79. The quantitative estimate of drug-likeness (QED) is 0.372. The van der Waals surface area contributed by atoms with E-state index >= 15 is 0 Å². The van der Waals surface area contributed by atoms with Gasteiger partial charge in [0.15, 0.2) is 0 Å². The zero-order chi connectivity index (χ0) is 29.9. The van der Waals surface area contributed by atoms with Gasteiger partial charge >= 0.3 is 6.18 Å². The second kappa shape index (κ2) is 12.2. The number of amides is 3. The van der Waals surface area contributed by atoms with Crippen LogP contribution in [-0.4, -0.2) is 42.5 Å². The Bertz CT molecular complexity index is 1460. The van der Waals surface area contributed by atoms with Crippen LogP contribution in [0.1, 0.15) is 35.3 Å². The van der Waals surface area contributed by atoms with Gasteiger partial charge in [-0.25, -0.2) is 4.39 Å². The number of anilines is 1. The highest BCUT2D eigenvalue weighted by Crippen LogP contribution is 2.35. The Morgan fingerprint density at radius 2 is 1.76 bits per heavy atom. The van der Waals surface area contributed by atoms with Crippen molar-refractivity contribution in [1.82, 2.24) is 10.6 Å². The van der Waals surface area contributed by atoms with Gasteiger partial charge < -0.3 is 20.3 Å². The molecule has 0 spiro atoms. The highest BCUT2D eigenvalue weighted by molar-refractivity contribution is 6.30. The molecule has 0 radical (unpaired) electrons. The maximum atomic E-state index is 14.5. The van der Waals surface area contributed by atoms with Gasteiger partial charge in [-0.2, -0.15) is 13.2 Å². The van der Waals surface area contributed by atoms with E-state index in [4.69, 9.17) is 16.3 Å². The summed E-state index contributed by atoms with van der Waals surface area (Å²) in [6.07, 6.45) is -5.23. The third-order valence-electron chi connectivity index (χ3n) is 6.44. The summed E-state index contributed by atoms with van der Waals surface area (Å²) in [7, 11) is 0. The molecule has 0 aliphatic carbocycles. The number of alkyl halides is 3. The predicted molar refractivity (Wildman–Crippen MR) is 144 cm³/mol. The molecule has 2 atom stereocenters. The molecule has 0 bridgehead atoms. The van der Waals surface area contributed by atoms with Crippen LogP contribution in [0.2, 0.25) is 5.02 Å². The number of hydrogen-bond donors (Lipinski definition) is 2. The first-order chi connectivity index (χ1) is 19.4. The van der Waals surface area contributed by atoms with E-state index < -0.39 is 59.3 Å². The third-order valence-corrected chi connectivity index (χ3v) is 6.67. The molecule has 0 aromatic heterocycles. The smallest absolute Gasteiger partial charge is 0.417 e. The normalized spacial score (nSPS) is 16.0. The lowest BCUT2D eigenvalue weighted by Gasteiger charge is -2.29. The highest BCUT2D eigenvalue weighted by atomic mass is 35.5. The lowest BCUT2D eigenvalue weighted by Crippen LogP contribution is -2.57. The molecule has 3 aromatic carbocycles. The summed E-state index contributed by atoms with van der Waals surface area (Å²) in [4.78, 5) is 41.5. The Kier molecular flexibility index (Phi) is 8.86. The molecule has 2 N–H and O–H groups in total. The fraction of sp³-hybridized carbons (Fsp3) is 0.276. The monoisotopic (exact) mass is 591 g/mol. The van der Waals surface area contributed by atoms with Crippen LogP contribution in [-0.2, 0) is 22.2 Å². The number of halogens is 5. The summed E-state index contributed by atoms with van der Waals surface area (Å²) in [6, 6.07) is 11.2. The molecule has 0 saturated heterocycles. The first-order valence-electron chi connectivity index (χ1n) is 12.6. The van der Waals surface area contributed by atoms with Crippen molar-refractivity contribution in [2.24, 2.45) is 0 Å². The molecular formula is C29H26ClF4N3O4. The minimum absolute atomic E-state index is 0.0337. The standard InChI is InChI=1S/C29H26ClF4N3O4/c1-16(2)37-24-12-11-18(30)14-25(24)41-15-23(28(37)40)36-27(39)22(13-17-7-3-6-10-21(17)31)35-26(38)19-8-4-5-9-20(19)29(32,33)34/h3-12,14,16,22-23H,13,15H2,1-2H3,(H,35,38)(H,36,39)/t22-,23?/m1/s1. The van der Waals surface area contributed by atoms with E-state index in [1.165, 1.54) is 35.2 Å². The number of fused-ring (bicyclic) bond motifs is 1. The number of benzene rings is 3. The molecule has 3 amide bonds. The van der Waals surface area contributed by atoms with Crippen LogP contribution in [0.5, 0.6) is 5.75 Å². The highest BCUT2D eigenvalue weighted by Gasteiger charge is 2.38. The fourth-order valence-corrected chi connectivity index (χ4v) is 4.66. The van der Waals surface area contributed by atoms with Gasteiger partial charge in [0.2, 0.25) is 5.91 Å². The lowest BCUT2D eigenvalue weighted by atomic mass is 10.0. The summed E-state index contributed by atoms with van der Waals surface area (Å²) in [5.41, 5.74) is -1.44. The molecule has 41 heavy (non-hydrogen) atoms. The van der Waals surface area contributed by atoms with Crippen LogP contribution in [0.25, 0.3) is 0 Å². The molecule has 7 nitrogen and oxygen atoms in total. The second-order valence-electron chi connectivity index (χ2n) is 9.65. The topological polar surface area (TPSA) is 87.7 Å². The fourth-order valence-electron chi connectivity index (χ4n) is 4.50. The van der Waals surface area contributed by atoms with E-state index in [9.17, 15) is 31.9 Å². The molecule has 216 valence electrons. The molecule has 3 aromatic rings. The van der Waals surface area contributed by atoms with Crippen molar-refractivity contribution in [2.45, 2.75) is 44.6 Å². The first-order valence-corrected chi connectivity index (χ1v) is 13.0. The lowest BCUT2D eigenvalue weighted by molar-refractivity contribution is -0.138. The summed E-state index contributed by atoms with van der Waals surface area (Å²) in [6.45, 7) is 3.23. The molecule has 1 heterocycles. The van der Waals surface area contributed by atoms with Crippen LogP contribution >= 0.6 is 11.6 Å². The van der Waals surface area contributed by atoms with E-state index in [1.807, 2.05) is 0 Å². The van der Waals surface area contributed by atoms with Crippen molar-refractivity contribution in [2.75, 3.05) is 11.5 Å². The van der Waals surface area contributed by atoms with Crippen LogP contribution in [0.15, 0.2) is 66.7 Å². The van der Waals surface area contributed by atoms with Gasteiger partial charge in [-0.3, -0.25) is 14.4 Å². The van der Waals surface area contributed by atoms with E-state index in [-0.39, 0.29) is 18.2 Å². The van der Waals surface area contributed by atoms with Gasteiger partial charge in [0.25, 0.3) is 11.8 Å². The second-order valence-corrected chi connectivity index (χ2v) is 10.1. The number of rotatable bonds is 7. The Morgan fingerprint density at radius 3 is 2.44 bits per heavy atom. The number of ether oxygens (including phenoxy) is 1. The Labute approximate surface area is 238 Å². The zero-order valence-corrected chi connectivity index (χ0v) is 22.7. The zero-order valence-electron chi connectivity index (χ0n) is 22.0. The molecule has 1 unspecified atom stereocenters. The summed E-state index contributed by atoms with van der Waals surface area (Å²) in [5, 5.41) is 5.21. The van der Waals surface area contributed by atoms with Crippen molar-refractivity contribution in [1.29, 1.82) is 0 Å². The van der Waals surface area contributed by atoms with Gasteiger partial charge in [-0.05, 0) is 49.7 Å². The maximum absolute atomic E-state index is 14.5. The summed E-state index contributed by atoms with van der Waals surface area (Å²) < 4.78 is 61.0. The summed E-state index contributed by atoms with van der Waals surface area (Å²) in [5.74, 6) is -2.99. The van der Waals surface area contributed by atoms with Crippen molar-refractivity contribution < 1.29 is 36.7 Å². The number of nitrogens with one attached hydrogen (secondary N) is 2. The average molecular weight is 592 g/mol. The molecule has 4 rings (SSSR count). The molecular weight excluding hydrogens is 566 g/mol. The molecule has 0 saturated carbocycles. The minimum atomic E-state index is -4.83. The van der Waals surface area contributed by atoms with E-state index in [0.717, 1.165) is 24.3 Å². The van der Waals surface area contributed by atoms with Crippen LogP contribution in [0.4, 0.5) is 23.2 Å². The molecule has 0 fully saturated rings. The van der Waals surface area contributed by atoms with Crippen molar-refractivity contribution in [3.05, 3.63) is 94.3 Å². The average Bonchev–Trinajstić information content (AvgIpc) is 3.04. The van der Waals surface area contributed by atoms with Crippen LogP contribution in [0.3, 0.4) is 0 Å². The van der Waals surface area contributed by atoms with Gasteiger partial charge in [0.1, 0.15) is 30.3 Å². The van der Waals surface area contributed by atoms with Crippen molar-refractivity contribution in [3.8, 4) is 5.75 Å². The van der Waals surface area contributed by atoms with Gasteiger partial charge in [0.05, 0.1) is 16.8 Å². The Balaban J connectivity index is 1.63. The first kappa shape index (κ1) is 29.9. The minimum Gasteiger partial charge on any atom is -0.489 e. The van der Waals surface area contributed by atoms with E-state index in [1.54, 1.807) is 26.0 Å². The van der Waals surface area contributed by atoms with Gasteiger partial charge in [0, 0.05) is 23.6 Å². The SMILES string of the molecule is CC(C)N1C(=O)C(NC(=O)[C@@H](Cc2ccccc2F)NC(=O)c2ccccc2C(F)(F)F)COc2cc(Cl)ccc21. The molecule has 12 heteroatoms. The van der Waals surface area contributed by atoms with E-state index in [2.05, 4.69) is 10.6 Å². The van der Waals surface area contributed by atoms with Crippen molar-refractivity contribution >= 4 is 35.0 Å². The Morgan fingerprint density at radius 1 is 1.07 bits per heavy atom. The number of carbonyl (C=O) groups excluding carboxylic acids is 3. The van der Waals surface area contributed by atoms with Crippen molar-refractivity contribution in [3.63, 3.8) is 0 Å². The van der Waals surface area contributed by atoms with Crippen LogP contribution < -0.4 is 20.3 Å². The van der Waals surface area contributed by atoms with Gasteiger partial charge in [-0.1, -0.05) is 41.9 Å². The van der Waals surface area contributed by atoms with Crippen LogP contribution in [0, 0.1) is 5.82 Å². The molecule has 1 aliphatic rings.